The Balaban J connectivity index is 1.45. The van der Waals surface area contributed by atoms with Gasteiger partial charge in [-0.1, -0.05) is 30.3 Å². The van der Waals surface area contributed by atoms with Crippen molar-refractivity contribution < 1.29 is 23.5 Å². The van der Waals surface area contributed by atoms with Crippen LogP contribution in [0.3, 0.4) is 0 Å². The van der Waals surface area contributed by atoms with E-state index >= 15 is 0 Å². The summed E-state index contributed by atoms with van der Waals surface area (Å²) in [5.74, 6) is 1.88. The van der Waals surface area contributed by atoms with Gasteiger partial charge in [-0.05, 0) is 67.1 Å². The molecule has 36 heavy (non-hydrogen) atoms. The molecule has 1 heterocycles. The molecular formula is C28H27N3O5. The highest BCUT2D eigenvalue weighted by Gasteiger charge is 2.18. The maximum atomic E-state index is 13.3. The predicted octanol–water partition coefficient (Wildman–Crippen LogP) is 5.94. The summed E-state index contributed by atoms with van der Waals surface area (Å²) >= 11 is 0. The van der Waals surface area contributed by atoms with Gasteiger partial charge in [0.2, 0.25) is 0 Å². The van der Waals surface area contributed by atoms with Gasteiger partial charge >= 0.3 is 6.03 Å². The molecule has 3 amide bonds. The van der Waals surface area contributed by atoms with Crippen LogP contribution < -0.4 is 25.0 Å². The van der Waals surface area contributed by atoms with Crippen LogP contribution in [0, 0.1) is 0 Å². The largest absolute Gasteiger partial charge is 0.495 e. The number of benzene rings is 3. The molecule has 3 aromatic carbocycles. The van der Waals surface area contributed by atoms with Crippen molar-refractivity contribution in [2.24, 2.45) is 0 Å². The van der Waals surface area contributed by atoms with E-state index in [1.165, 1.54) is 6.26 Å². The molecule has 0 fully saturated rings. The fourth-order valence-electron chi connectivity index (χ4n) is 3.53. The van der Waals surface area contributed by atoms with E-state index in [9.17, 15) is 9.59 Å². The minimum absolute atomic E-state index is 0.245. The summed E-state index contributed by atoms with van der Waals surface area (Å²) < 4.78 is 16.3. The fraction of sp³-hybridized carbons (Fsp3) is 0.143. The lowest BCUT2D eigenvalue weighted by atomic mass is 10.2. The van der Waals surface area contributed by atoms with Gasteiger partial charge in [0, 0.05) is 18.8 Å². The number of furan rings is 1. The molecular weight excluding hydrogens is 458 g/mol. The second-order valence-electron chi connectivity index (χ2n) is 7.78. The first-order chi connectivity index (χ1) is 17.6. The first-order valence-electron chi connectivity index (χ1n) is 11.5. The highest BCUT2D eigenvalue weighted by Crippen LogP contribution is 2.27. The predicted molar refractivity (Wildman–Crippen MR) is 138 cm³/mol. The van der Waals surface area contributed by atoms with E-state index in [-0.39, 0.29) is 17.7 Å². The van der Waals surface area contributed by atoms with Gasteiger partial charge in [0.05, 0.1) is 19.1 Å². The smallest absolute Gasteiger partial charge is 0.326 e. The van der Waals surface area contributed by atoms with E-state index in [2.05, 4.69) is 10.6 Å². The maximum Gasteiger partial charge on any atom is 0.326 e. The Hall–Kier alpha value is -4.72. The molecule has 8 nitrogen and oxygen atoms in total. The average molecular weight is 486 g/mol. The summed E-state index contributed by atoms with van der Waals surface area (Å²) in [6, 6.07) is 26.9. The van der Waals surface area contributed by atoms with Crippen LogP contribution in [0.1, 0.15) is 17.0 Å². The Morgan fingerprint density at radius 3 is 2.31 bits per heavy atom. The normalized spacial score (nSPS) is 10.4. The quantitative estimate of drug-likeness (QED) is 0.271. The van der Waals surface area contributed by atoms with E-state index in [1.54, 1.807) is 36.3 Å². The summed E-state index contributed by atoms with van der Waals surface area (Å²) in [5, 5.41) is 5.72. The number of anilines is 2. The van der Waals surface area contributed by atoms with Crippen molar-refractivity contribution in [3.63, 3.8) is 0 Å². The molecule has 4 aromatic rings. The molecule has 0 radical (unpaired) electrons. The molecule has 0 atom stereocenters. The van der Waals surface area contributed by atoms with E-state index in [0.29, 0.717) is 42.4 Å². The molecule has 4 rings (SSSR count). The fourth-order valence-corrected chi connectivity index (χ4v) is 3.53. The number of nitrogens with zero attached hydrogens (tertiary/aromatic N) is 1. The summed E-state index contributed by atoms with van der Waals surface area (Å²) in [5.41, 5.74) is 1.24. The van der Waals surface area contributed by atoms with Crippen molar-refractivity contribution in [2.75, 3.05) is 30.4 Å². The van der Waals surface area contributed by atoms with E-state index in [0.717, 1.165) is 5.75 Å². The summed E-state index contributed by atoms with van der Waals surface area (Å²) in [6.45, 7) is 0.728. The molecule has 0 aliphatic carbocycles. The van der Waals surface area contributed by atoms with Gasteiger partial charge < -0.3 is 24.5 Å². The van der Waals surface area contributed by atoms with Crippen molar-refractivity contribution in [2.45, 2.75) is 6.42 Å². The van der Waals surface area contributed by atoms with Gasteiger partial charge in [-0.3, -0.25) is 9.69 Å². The van der Waals surface area contributed by atoms with Gasteiger partial charge in [0.1, 0.15) is 17.2 Å². The lowest BCUT2D eigenvalue weighted by molar-refractivity contribution is 0.0926. The number of carbonyl (C=O) groups is 2. The molecule has 0 aliphatic rings. The summed E-state index contributed by atoms with van der Waals surface area (Å²) in [6.07, 6.45) is 1.97. The molecule has 0 saturated heterocycles. The first kappa shape index (κ1) is 24.4. The van der Waals surface area contributed by atoms with Crippen LogP contribution >= 0.6 is 0 Å². The SMILES string of the molecule is COc1ccccc1NC(=O)N(CCCNC(=O)c1ccco1)c1ccc(Oc2ccccc2)cc1. The van der Waals surface area contributed by atoms with Crippen molar-refractivity contribution in [1.82, 2.24) is 5.32 Å². The molecule has 8 heteroatoms. The van der Waals surface area contributed by atoms with Gasteiger partial charge in [-0.25, -0.2) is 4.79 Å². The molecule has 0 aliphatic heterocycles. The molecule has 0 bridgehead atoms. The highest BCUT2D eigenvalue weighted by molar-refractivity contribution is 6.02. The molecule has 184 valence electrons. The number of hydrogen-bond donors (Lipinski definition) is 2. The molecule has 0 saturated carbocycles. The van der Waals surface area contributed by atoms with E-state index in [4.69, 9.17) is 13.9 Å². The number of carbonyl (C=O) groups excluding carboxylic acids is 2. The van der Waals surface area contributed by atoms with Crippen LogP contribution in [0.4, 0.5) is 16.2 Å². The number of urea groups is 1. The summed E-state index contributed by atoms with van der Waals surface area (Å²) in [7, 11) is 1.55. The number of nitrogens with one attached hydrogen (secondary N) is 2. The van der Waals surface area contributed by atoms with Crippen molar-refractivity contribution >= 4 is 23.3 Å². The Kier molecular flexibility index (Phi) is 8.22. The standard InChI is InChI=1S/C28H27N3O5/c1-34-25-12-6-5-11-24(25)30-28(33)31(19-8-18-29-27(32)26-13-7-20-35-26)21-14-16-23(17-15-21)36-22-9-3-2-4-10-22/h2-7,9-17,20H,8,18-19H2,1H3,(H,29,32)(H,30,33). The first-order valence-corrected chi connectivity index (χ1v) is 11.5. The van der Waals surface area contributed by atoms with Crippen molar-refractivity contribution in [1.29, 1.82) is 0 Å². The number of methoxy groups -OCH3 is 1. The average Bonchev–Trinajstić information content (AvgIpc) is 3.45. The number of rotatable bonds is 10. The van der Waals surface area contributed by atoms with Crippen molar-refractivity contribution in [3.05, 3.63) is 103 Å². The van der Waals surface area contributed by atoms with Gasteiger partial charge in [0.25, 0.3) is 5.91 Å². The van der Waals surface area contributed by atoms with Crippen LogP contribution in [-0.4, -0.2) is 32.1 Å². The van der Waals surface area contributed by atoms with Gasteiger partial charge in [-0.15, -0.1) is 0 Å². The zero-order valence-electron chi connectivity index (χ0n) is 19.8. The van der Waals surface area contributed by atoms with Crippen molar-refractivity contribution in [3.8, 4) is 17.2 Å². The zero-order chi connectivity index (χ0) is 25.2. The minimum atomic E-state index is -0.325. The minimum Gasteiger partial charge on any atom is -0.495 e. The molecule has 0 unspecified atom stereocenters. The highest BCUT2D eigenvalue weighted by atomic mass is 16.5. The van der Waals surface area contributed by atoms with Crippen LogP contribution in [-0.2, 0) is 0 Å². The Bertz CT molecular complexity index is 1260. The molecule has 2 N–H and O–H groups in total. The molecule has 0 spiro atoms. The van der Waals surface area contributed by atoms with Crippen LogP contribution in [0.25, 0.3) is 0 Å². The van der Waals surface area contributed by atoms with E-state index in [1.807, 2.05) is 66.7 Å². The number of para-hydroxylation sites is 3. The van der Waals surface area contributed by atoms with Gasteiger partial charge in [-0.2, -0.15) is 0 Å². The lowest BCUT2D eigenvalue weighted by Crippen LogP contribution is -2.37. The third-order valence-corrected chi connectivity index (χ3v) is 5.31. The lowest BCUT2D eigenvalue weighted by Gasteiger charge is -2.24. The topological polar surface area (TPSA) is 93.0 Å². The van der Waals surface area contributed by atoms with Crippen LogP contribution in [0.2, 0.25) is 0 Å². The number of hydrogen-bond acceptors (Lipinski definition) is 5. The Morgan fingerprint density at radius 2 is 1.58 bits per heavy atom. The third-order valence-electron chi connectivity index (χ3n) is 5.31. The summed E-state index contributed by atoms with van der Waals surface area (Å²) in [4.78, 5) is 27.0. The number of ether oxygens (including phenoxy) is 2. The van der Waals surface area contributed by atoms with Crippen LogP contribution in [0.15, 0.2) is 102 Å². The Morgan fingerprint density at radius 1 is 0.861 bits per heavy atom. The second-order valence-corrected chi connectivity index (χ2v) is 7.78. The monoisotopic (exact) mass is 485 g/mol. The second kappa shape index (κ2) is 12.1. The molecule has 1 aromatic heterocycles. The third kappa shape index (κ3) is 6.44. The number of amides is 3. The Labute approximate surface area is 209 Å². The van der Waals surface area contributed by atoms with E-state index < -0.39 is 0 Å². The zero-order valence-corrected chi connectivity index (χ0v) is 19.8. The van der Waals surface area contributed by atoms with Crippen LogP contribution in [0.5, 0.6) is 17.2 Å². The maximum absolute atomic E-state index is 13.3. The van der Waals surface area contributed by atoms with Gasteiger partial charge in [0.15, 0.2) is 5.76 Å².